The summed E-state index contributed by atoms with van der Waals surface area (Å²) < 4.78 is 16.2. The first kappa shape index (κ1) is 19.8. The summed E-state index contributed by atoms with van der Waals surface area (Å²) in [5, 5.41) is 8.05. The van der Waals surface area contributed by atoms with Gasteiger partial charge in [-0.3, -0.25) is 9.89 Å². The van der Waals surface area contributed by atoms with Gasteiger partial charge in [0.05, 0.1) is 10.7 Å². The van der Waals surface area contributed by atoms with Crippen molar-refractivity contribution >= 4 is 17.6 Å². The van der Waals surface area contributed by atoms with Gasteiger partial charge >= 0.3 is 0 Å². The highest BCUT2D eigenvalue weighted by molar-refractivity contribution is 6.32. The highest BCUT2D eigenvalue weighted by Crippen LogP contribution is 2.38. The Balaban J connectivity index is 1.25. The van der Waals surface area contributed by atoms with E-state index in [1.54, 1.807) is 6.26 Å². The average Bonchev–Trinajstić information content (AvgIpc) is 3.25. The minimum absolute atomic E-state index is 0.537. The molecular weight excluding hydrogens is 394 g/mol. The Kier molecular flexibility index (Phi) is 6.41. The molecule has 1 fully saturated rings. The Morgan fingerprint density at radius 1 is 1.21 bits per heavy atom. The van der Waals surface area contributed by atoms with Crippen molar-refractivity contribution in [3.63, 3.8) is 0 Å². The van der Waals surface area contributed by atoms with Gasteiger partial charge in [0.15, 0.2) is 17.5 Å². The molecule has 156 valence electrons. The maximum absolute atomic E-state index is 6.33. The van der Waals surface area contributed by atoms with Crippen molar-refractivity contribution in [3.8, 4) is 11.5 Å². The molecule has 0 spiro atoms. The molecule has 2 aliphatic rings. The van der Waals surface area contributed by atoms with Crippen molar-refractivity contribution in [2.45, 2.75) is 13.0 Å². The van der Waals surface area contributed by atoms with Gasteiger partial charge in [-0.05, 0) is 24.1 Å². The second-order valence-electron chi connectivity index (χ2n) is 7.08. The Bertz CT molecular complexity index is 835. The van der Waals surface area contributed by atoms with E-state index in [2.05, 4.69) is 25.3 Å². The molecule has 1 saturated heterocycles. The zero-order valence-electron chi connectivity index (χ0n) is 16.6. The number of halogens is 1. The molecule has 0 radical (unpaired) electrons. The van der Waals surface area contributed by atoms with Crippen LogP contribution in [-0.4, -0.2) is 73.9 Å². The Morgan fingerprint density at radius 3 is 2.79 bits per heavy atom. The van der Waals surface area contributed by atoms with Crippen LogP contribution in [0.15, 0.2) is 34.0 Å². The lowest BCUT2D eigenvalue weighted by atomic mass is 10.1. The number of nitrogens with zero attached hydrogens (tertiary/aromatic N) is 4. The van der Waals surface area contributed by atoms with Crippen LogP contribution in [0.3, 0.4) is 0 Å². The standard InChI is InChI=1S/C20H26ClN5O3/c1-22-20(26-7-5-25(6-8-26)14-16-3-9-29-24-16)23-4-2-15-12-17(21)19-18(13-15)27-10-11-28-19/h3,9,12-13H,2,4-8,10-11,14H2,1H3,(H,22,23). The molecule has 8 nitrogen and oxygen atoms in total. The van der Waals surface area contributed by atoms with Gasteiger partial charge in [-0.2, -0.15) is 0 Å². The van der Waals surface area contributed by atoms with Gasteiger partial charge in [0.2, 0.25) is 0 Å². The molecule has 9 heteroatoms. The van der Waals surface area contributed by atoms with E-state index in [9.17, 15) is 0 Å². The number of rotatable bonds is 5. The number of fused-ring (bicyclic) bond motifs is 1. The summed E-state index contributed by atoms with van der Waals surface area (Å²) in [4.78, 5) is 9.11. The first-order valence-electron chi connectivity index (χ1n) is 9.88. The second-order valence-corrected chi connectivity index (χ2v) is 7.49. The molecule has 3 heterocycles. The van der Waals surface area contributed by atoms with Crippen LogP contribution in [0.4, 0.5) is 0 Å². The number of aromatic nitrogens is 1. The molecule has 2 aliphatic heterocycles. The van der Waals surface area contributed by atoms with Crippen molar-refractivity contribution in [2.75, 3.05) is 53.0 Å². The van der Waals surface area contributed by atoms with Crippen molar-refractivity contribution in [2.24, 2.45) is 4.99 Å². The van der Waals surface area contributed by atoms with E-state index in [1.807, 2.05) is 25.2 Å². The number of nitrogens with one attached hydrogen (secondary N) is 1. The smallest absolute Gasteiger partial charge is 0.193 e. The number of hydrogen-bond acceptors (Lipinski definition) is 6. The molecule has 2 aromatic rings. The molecule has 1 N–H and O–H groups in total. The Morgan fingerprint density at radius 2 is 2.03 bits per heavy atom. The van der Waals surface area contributed by atoms with Gasteiger partial charge in [-0.1, -0.05) is 16.8 Å². The Hall–Kier alpha value is -2.45. The third-order valence-electron chi connectivity index (χ3n) is 5.11. The highest BCUT2D eigenvalue weighted by Gasteiger charge is 2.20. The third-order valence-corrected chi connectivity index (χ3v) is 5.39. The van der Waals surface area contributed by atoms with Crippen LogP contribution in [0.5, 0.6) is 11.5 Å². The minimum atomic E-state index is 0.537. The lowest BCUT2D eigenvalue weighted by Crippen LogP contribution is -2.52. The first-order chi connectivity index (χ1) is 14.2. The minimum Gasteiger partial charge on any atom is -0.486 e. The summed E-state index contributed by atoms with van der Waals surface area (Å²) in [6.07, 6.45) is 2.44. The first-order valence-corrected chi connectivity index (χ1v) is 10.3. The van der Waals surface area contributed by atoms with E-state index in [0.717, 1.165) is 68.7 Å². The summed E-state index contributed by atoms with van der Waals surface area (Å²) in [6.45, 7) is 6.45. The van der Waals surface area contributed by atoms with E-state index >= 15 is 0 Å². The van der Waals surface area contributed by atoms with Gasteiger partial charge in [0, 0.05) is 52.4 Å². The normalized spacial score (nSPS) is 17.4. The molecule has 0 atom stereocenters. The summed E-state index contributed by atoms with van der Waals surface area (Å²) in [6, 6.07) is 5.87. The van der Waals surface area contributed by atoms with E-state index < -0.39 is 0 Å². The van der Waals surface area contributed by atoms with Crippen molar-refractivity contribution in [1.29, 1.82) is 0 Å². The molecule has 0 amide bonds. The van der Waals surface area contributed by atoms with Crippen LogP contribution in [0, 0.1) is 0 Å². The number of hydrogen-bond donors (Lipinski definition) is 1. The van der Waals surface area contributed by atoms with Gasteiger partial charge in [-0.15, -0.1) is 0 Å². The zero-order valence-corrected chi connectivity index (χ0v) is 17.3. The molecule has 0 bridgehead atoms. The summed E-state index contributed by atoms with van der Waals surface area (Å²) in [5.41, 5.74) is 2.08. The number of piperazine rings is 1. The fraction of sp³-hybridized carbons (Fsp3) is 0.500. The molecule has 1 aromatic heterocycles. The number of guanidine groups is 1. The molecule has 4 rings (SSSR count). The topological polar surface area (TPSA) is 75.4 Å². The van der Waals surface area contributed by atoms with E-state index in [4.69, 9.17) is 25.6 Å². The molecule has 29 heavy (non-hydrogen) atoms. The predicted octanol–water partition coefficient (Wildman–Crippen LogP) is 2.03. The highest BCUT2D eigenvalue weighted by atomic mass is 35.5. The number of benzene rings is 1. The third kappa shape index (κ3) is 4.94. The van der Waals surface area contributed by atoms with E-state index in [1.165, 1.54) is 0 Å². The number of ether oxygens (including phenoxy) is 2. The lowest BCUT2D eigenvalue weighted by molar-refractivity contribution is 0.169. The monoisotopic (exact) mass is 419 g/mol. The van der Waals surface area contributed by atoms with Crippen LogP contribution in [0.1, 0.15) is 11.3 Å². The van der Waals surface area contributed by atoms with Crippen molar-refractivity contribution in [3.05, 3.63) is 40.7 Å². The van der Waals surface area contributed by atoms with Gasteiger partial charge in [-0.25, -0.2) is 0 Å². The maximum atomic E-state index is 6.33. The van der Waals surface area contributed by atoms with Crippen LogP contribution in [-0.2, 0) is 13.0 Å². The predicted molar refractivity (Wildman–Crippen MR) is 111 cm³/mol. The fourth-order valence-electron chi connectivity index (χ4n) is 3.63. The van der Waals surface area contributed by atoms with Crippen LogP contribution in [0.2, 0.25) is 5.02 Å². The molecule has 0 unspecified atom stereocenters. The van der Waals surface area contributed by atoms with Crippen LogP contribution < -0.4 is 14.8 Å². The van der Waals surface area contributed by atoms with Crippen LogP contribution >= 0.6 is 11.6 Å². The molecular formula is C20H26ClN5O3. The lowest BCUT2D eigenvalue weighted by Gasteiger charge is -2.36. The van der Waals surface area contributed by atoms with Crippen molar-refractivity contribution in [1.82, 2.24) is 20.3 Å². The fourth-order valence-corrected chi connectivity index (χ4v) is 3.91. The number of aliphatic imine (C=N–C) groups is 1. The summed E-state index contributed by atoms with van der Waals surface area (Å²) in [5.74, 6) is 2.30. The van der Waals surface area contributed by atoms with Gasteiger partial charge < -0.3 is 24.2 Å². The molecule has 0 aliphatic carbocycles. The molecule has 0 saturated carbocycles. The SMILES string of the molecule is CN=C(NCCc1cc(Cl)c2c(c1)OCCO2)N1CCN(Cc2ccon2)CC1. The van der Waals surface area contributed by atoms with Gasteiger partial charge in [0.25, 0.3) is 0 Å². The maximum Gasteiger partial charge on any atom is 0.193 e. The zero-order chi connectivity index (χ0) is 20.1. The second kappa shape index (κ2) is 9.37. The summed E-state index contributed by atoms with van der Waals surface area (Å²) in [7, 11) is 1.82. The van der Waals surface area contributed by atoms with Crippen molar-refractivity contribution < 1.29 is 14.0 Å². The van der Waals surface area contributed by atoms with E-state index in [-0.39, 0.29) is 0 Å². The average molecular weight is 420 g/mol. The quantitative estimate of drug-likeness (QED) is 0.587. The largest absolute Gasteiger partial charge is 0.486 e. The van der Waals surface area contributed by atoms with Crippen LogP contribution in [0.25, 0.3) is 0 Å². The van der Waals surface area contributed by atoms with Gasteiger partial charge in [0.1, 0.15) is 19.5 Å². The summed E-state index contributed by atoms with van der Waals surface area (Å²) >= 11 is 6.33. The van der Waals surface area contributed by atoms with E-state index in [0.29, 0.717) is 24.0 Å². The Labute approximate surface area is 175 Å². The molecule has 1 aromatic carbocycles.